The topological polar surface area (TPSA) is 61.5 Å². The van der Waals surface area contributed by atoms with E-state index in [1.54, 1.807) is 13.8 Å². The van der Waals surface area contributed by atoms with E-state index in [-0.39, 0.29) is 12.0 Å². The van der Waals surface area contributed by atoms with Crippen LogP contribution in [0.15, 0.2) is 24.3 Å². The molecule has 0 aromatic heterocycles. The van der Waals surface area contributed by atoms with Gasteiger partial charge in [0.2, 0.25) is 0 Å². The second-order valence-corrected chi connectivity index (χ2v) is 4.06. The van der Waals surface area contributed by atoms with E-state index in [0.29, 0.717) is 12.4 Å². The number of benzene rings is 1. The third-order valence-electron chi connectivity index (χ3n) is 2.68. The zero-order chi connectivity index (χ0) is 13.5. The summed E-state index contributed by atoms with van der Waals surface area (Å²) in [5.41, 5.74) is 6.92. The smallest absolute Gasteiger partial charge is 0.347 e. The average molecular weight is 251 g/mol. The van der Waals surface area contributed by atoms with Crippen LogP contribution in [-0.4, -0.2) is 18.7 Å². The van der Waals surface area contributed by atoms with Crippen LogP contribution in [0.3, 0.4) is 0 Å². The van der Waals surface area contributed by atoms with Crippen molar-refractivity contribution in [1.29, 1.82) is 0 Å². The van der Waals surface area contributed by atoms with Crippen LogP contribution in [0.2, 0.25) is 0 Å². The third kappa shape index (κ3) is 3.74. The van der Waals surface area contributed by atoms with Gasteiger partial charge in [0.05, 0.1) is 6.61 Å². The fourth-order valence-electron chi connectivity index (χ4n) is 1.61. The maximum Gasteiger partial charge on any atom is 0.347 e. The van der Waals surface area contributed by atoms with Gasteiger partial charge < -0.3 is 15.2 Å². The van der Waals surface area contributed by atoms with Gasteiger partial charge in [0, 0.05) is 11.6 Å². The van der Waals surface area contributed by atoms with Crippen LogP contribution < -0.4 is 10.5 Å². The van der Waals surface area contributed by atoms with Gasteiger partial charge in [0.1, 0.15) is 5.75 Å². The number of nitrogens with two attached hydrogens (primary N) is 1. The third-order valence-corrected chi connectivity index (χ3v) is 2.68. The molecule has 2 unspecified atom stereocenters. The van der Waals surface area contributed by atoms with Crippen LogP contribution in [-0.2, 0) is 9.53 Å². The summed E-state index contributed by atoms with van der Waals surface area (Å²) in [6.07, 6.45) is 0.184. The summed E-state index contributed by atoms with van der Waals surface area (Å²) >= 11 is 0. The second-order valence-electron chi connectivity index (χ2n) is 4.06. The lowest BCUT2D eigenvalue weighted by atomic mass is 10.0. The van der Waals surface area contributed by atoms with Crippen molar-refractivity contribution in [1.82, 2.24) is 0 Å². The Labute approximate surface area is 108 Å². The number of hydrogen-bond donors (Lipinski definition) is 1. The quantitative estimate of drug-likeness (QED) is 0.789. The molecule has 4 heteroatoms. The van der Waals surface area contributed by atoms with Crippen LogP contribution in [0, 0.1) is 0 Å². The number of esters is 1. The molecule has 1 aromatic rings. The SMILES string of the molecule is CCOC(=O)C(C)Oc1ccccc1C(N)CC. The van der Waals surface area contributed by atoms with Gasteiger partial charge in [0.15, 0.2) is 6.10 Å². The number of rotatable bonds is 6. The molecule has 2 atom stereocenters. The minimum absolute atomic E-state index is 0.0874. The van der Waals surface area contributed by atoms with Crippen molar-refractivity contribution < 1.29 is 14.3 Å². The van der Waals surface area contributed by atoms with Gasteiger partial charge in [-0.15, -0.1) is 0 Å². The van der Waals surface area contributed by atoms with E-state index in [9.17, 15) is 4.79 Å². The van der Waals surface area contributed by atoms with Crippen molar-refractivity contribution in [3.8, 4) is 5.75 Å². The molecule has 0 spiro atoms. The summed E-state index contributed by atoms with van der Waals surface area (Å²) in [6, 6.07) is 7.42. The average Bonchev–Trinajstić information content (AvgIpc) is 2.38. The summed E-state index contributed by atoms with van der Waals surface area (Å²) < 4.78 is 10.5. The number of hydrogen-bond acceptors (Lipinski definition) is 4. The van der Waals surface area contributed by atoms with Crippen LogP contribution in [0.4, 0.5) is 0 Å². The largest absolute Gasteiger partial charge is 0.479 e. The van der Waals surface area contributed by atoms with Crippen molar-refractivity contribution in [3.05, 3.63) is 29.8 Å². The molecule has 18 heavy (non-hydrogen) atoms. The Balaban J connectivity index is 2.80. The van der Waals surface area contributed by atoms with Gasteiger partial charge in [0.25, 0.3) is 0 Å². The Bertz CT molecular complexity index is 392. The van der Waals surface area contributed by atoms with Gasteiger partial charge in [-0.1, -0.05) is 25.1 Å². The monoisotopic (exact) mass is 251 g/mol. The number of carbonyl (C=O) groups is 1. The van der Waals surface area contributed by atoms with Crippen LogP contribution in [0.25, 0.3) is 0 Å². The molecule has 0 aliphatic carbocycles. The second kappa shape index (κ2) is 7.01. The minimum Gasteiger partial charge on any atom is -0.479 e. The molecule has 0 saturated carbocycles. The molecule has 2 N–H and O–H groups in total. The first-order valence-electron chi connectivity index (χ1n) is 6.27. The summed E-state index contributed by atoms with van der Waals surface area (Å²) in [5.74, 6) is 0.282. The van der Waals surface area contributed by atoms with Crippen molar-refractivity contribution in [2.45, 2.75) is 39.3 Å². The van der Waals surface area contributed by atoms with E-state index in [0.717, 1.165) is 12.0 Å². The van der Waals surface area contributed by atoms with Gasteiger partial charge >= 0.3 is 5.97 Å². The molecule has 100 valence electrons. The van der Waals surface area contributed by atoms with E-state index in [4.69, 9.17) is 15.2 Å². The maximum absolute atomic E-state index is 11.5. The predicted octanol–water partition coefficient (Wildman–Crippen LogP) is 2.43. The lowest BCUT2D eigenvalue weighted by molar-refractivity contribution is -0.150. The molecule has 0 heterocycles. The summed E-state index contributed by atoms with van der Waals surface area (Å²) in [4.78, 5) is 11.5. The fraction of sp³-hybridized carbons (Fsp3) is 0.500. The maximum atomic E-state index is 11.5. The van der Waals surface area contributed by atoms with Crippen molar-refractivity contribution in [2.24, 2.45) is 5.73 Å². The first-order chi connectivity index (χ1) is 8.60. The van der Waals surface area contributed by atoms with E-state index in [1.807, 2.05) is 31.2 Å². The highest BCUT2D eigenvalue weighted by atomic mass is 16.6. The molecule has 1 aromatic carbocycles. The minimum atomic E-state index is -0.629. The Morgan fingerprint density at radius 1 is 1.33 bits per heavy atom. The van der Waals surface area contributed by atoms with Gasteiger partial charge in [-0.25, -0.2) is 4.79 Å². The van der Waals surface area contributed by atoms with Crippen molar-refractivity contribution >= 4 is 5.97 Å². The summed E-state index contributed by atoms with van der Waals surface area (Å²) in [5, 5.41) is 0. The lowest BCUT2D eigenvalue weighted by Crippen LogP contribution is -2.27. The molecule has 0 aliphatic rings. The summed E-state index contributed by atoms with van der Waals surface area (Å²) in [7, 11) is 0. The van der Waals surface area contributed by atoms with Crippen molar-refractivity contribution in [2.75, 3.05) is 6.61 Å². The molecular weight excluding hydrogens is 230 g/mol. The van der Waals surface area contributed by atoms with E-state index < -0.39 is 6.10 Å². The number of carbonyl (C=O) groups excluding carboxylic acids is 1. The van der Waals surface area contributed by atoms with E-state index in [2.05, 4.69) is 0 Å². The van der Waals surface area contributed by atoms with Crippen LogP contribution >= 0.6 is 0 Å². The zero-order valence-electron chi connectivity index (χ0n) is 11.2. The Hall–Kier alpha value is -1.55. The molecule has 4 nitrogen and oxygen atoms in total. The lowest BCUT2D eigenvalue weighted by Gasteiger charge is -2.18. The highest BCUT2D eigenvalue weighted by Crippen LogP contribution is 2.26. The predicted molar refractivity (Wildman–Crippen MR) is 70.4 cm³/mol. The van der Waals surface area contributed by atoms with E-state index in [1.165, 1.54) is 0 Å². The molecule has 0 amide bonds. The molecule has 1 rings (SSSR count). The molecule has 0 aliphatic heterocycles. The van der Waals surface area contributed by atoms with Gasteiger partial charge in [-0.2, -0.15) is 0 Å². The Kier molecular flexibility index (Phi) is 5.65. The number of para-hydroxylation sites is 1. The molecular formula is C14H21NO3. The molecule has 0 fully saturated rings. The highest BCUT2D eigenvalue weighted by Gasteiger charge is 2.18. The van der Waals surface area contributed by atoms with Crippen molar-refractivity contribution in [3.63, 3.8) is 0 Å². The molecule has 0 radical (unpaired) electrons. The zero-order valence-corrected chi connectivity index (χ0v) is 11.2. The van der Waals surface area contributed by atoms with Crippen LogP contribution in [0.5, 0.6) is 5.75 Å². The molecule has 0 bridgehead atoms. The normalized spacial score (nSPS) is 13.8. The van der Waals surface area contributed by atoms with Crippen LogP contribution in [0.1, 0.15) is 38.8 Å². The standard InChI is InChI=1S/C14H21NO3/c1-4-12(15)11-8-6-7-9-13(11)18-10(3)14(16)17-5-2/h6-10,12H,4-5,15H2,1-3H3. The molecule has 0 saturated heterocycles. The first kappa shape index (κ1) is 14.5. The van der Waals surface area contributed by atoms with Gasteiger partial charge in [-0.05, 0) is 26.3 Å². The Morgan fingerprint density at radius 2 is 2.00 bits per heavy atom. The summed E-state index contributed by atoms with van der Waals surface area (Å²) in [6.45, 7) is 5.80. The number of ether oxygens (including phenoxy) is 2. The highest BCUT2D eigenvalue weighted by molar-refractivity contribution is 5.74. The fourth-order valence-corrected chi connectivity index (χ4v) is 1.61. The first-order valence-corrected chi connectivity index (χ1v) is 6.27. The van der Waals surface area contributed by atoms with Gasteiger partial charge in [-0.3, -0.25) is 0 Å². The van der Waals surface area contributed by atoms with E-state index >= 15 is 0 Å². The Morgan fingerprint density at radius 3 is 2.61 bits per heavy atom.